The van der Waals surface area contributed by atoms with Crippen molar-refractivity contribution in [3.05, 3.63) is 36.6 Å². The number of aromatic nitrogens is 1. The van der Waals surface area contributed by atoms with Crippen molar-refractivity contribution in [2.75, 3.05) is 0 Å². The summed E-state index contributed by atoms with van der Waals surface area (Å²) in [6.07, 6.45) is 3.28. The van der Waals surface area contributed by atoms with Crippen molar-refractivity contribution < 1.29 is 14.1 Å². The fourth-order valence-corrected chi connectivity index (χ4v) is 1.12. The number of amides is 1. The van der Waals surface area contributed by atoms with Crippen molar-refractivity contribution in [1.29, 1.82) is 0 Å². The summed E-state index contributed by atoms with van der Waals surface area (Å²) in [5.74, 6) is 1.02. The summed E-state index contributed by atoms with van der Waals surface area (Å²) in [5.41, 5.74) is 0.701. The van der Waals surface area contributed by atoms with Gasteiger partial charge in [-0.1, -0.05) is 0 Å². The first-order chi connectivity index (χ1) is 8.38. The third-order valence-corrected chi connectivity index (χ3v) is 1.83. The van der Waals surface area contributed by atoms with Gasteiger partial charge in [0.1, 0.15) is 12.0 Å². The van der Waals surface area contributed by atoms with Crippen molar-refractivity contribution in [1.82, 2.24) is 10.5 Å². The molecule has 0 spiro atoms. The van der Waals surface area contributed by atoms with E-state index in [-0.39, 0.29) is 0 Å². The van der Waals surface area contributed by atoms with E-state index in [1.807, 2.05) is 0 Å². The van der Waals surface area contributed by atoms with Crippen molar-refractivity contribution in [2.24, 2.45) is 4.99 Å². The number of carbonyl (C=O) groups excluding carboxylic acids is 1. The SMILES string of the molecule is O=CNC=Nc1ccc(Oc2ccon2)cc1. The Kier molecular flexibility index (Phi) is 3.49. The average Bonchev–Trinajstić information content (AvgIpc) is 2.85. The number of rotatable bonds is 5. The van der Waals surface area contributed by atoms with Gasteiger partial charge in [-0.2, -0.15) is 0 Å². The number of hydrogen-bond acceptors (Lipinski definition) is 5. The van der Waals surface area contributed by atoms with Crippen LogP contribution >= 0.6 is 0 Å². The highest BCUT2D eigenvalue weighted by Crippen LogP contribution is 2.22. The number of ether oxygens (including phenoxy) is 1. The molecular weight excluding hydrogens is 222 g/mol. The highest BCUT2D eigenvalue weighted by Gasteiger charge is 1.99. The van der Waals surface area contributed by atoms with Crippen molar-refractivity contribution in [3.63, 3.8) is 0 Å². The van der Waals surface area contributed by atoms with E-state index in [2.05, 4.69) is 20.0 Å². The number of hydrogen-bond donors (Lipinski definition) is 1. The zero-order chi connectivity index (χ0) is 11.9. The molecule has 6 nitrogen and oxygen atoms in total. The van der Waals surface area contributed by atoms with Gasteiger partial charge in [0.05, 0.1) is 12.0 Å². The maximum atomic E-state index is 9.99. The molecule has 0 aliphatic carbocycles. The molecule has 1 N–H and O–H groups in total. The first-order valence-corrected chi connectivity index (χ1v) is 4.79. The Morgan fingerprint density at radius 3 is 2.76 bits per heavy atom. The van der Waals surface area contributed by atoms with Crippen LogP contribution < -0.4 is 10.1 Å². The summed E-state index contributed by atoms with van der Waals surface area (Å²) in [7, 11) is 0. The van der Waals surface area contributed by atoms with E-state index >= 15 is 0 Å². The smallest absolute Gasteiger partial charge is 0.259 e. The van der Waals surface area contributed by atoms with E-state index in [1.54, 1.807) is 30.3 Å². The van der Waals surface area contributed by atoms with Crippen LogP contribution in [-0.4, -0.2) is 17.9 Å². The van der Waals surface area contributed by atoms with Gasteiger partial charge in [0, 0.05) is 6.07 Å². The molecule has 2 rings (SSSR count). The summed E-state index contributed by atoms with van der Waals surface area (Å²) in [5, 5.41) is 5.94. The second-order valence-electron chi connectivity index (χ2n) is 2.98. The molecule has 1 aromatic carbocycles. The number of carbonyl (C=O) groups is 1. The van der Waals surface area contributed by atoms with E-state index in [0.717, 1.165) is 0 Å². The van der Waals surface area contributed by atoms with Gasteiger partial charge in [-0.3, -0.25) is 4.79 Å². The van der Waals surface area contributed by atoms with Gasteiger partial charge in [-0.25, -0.2) is 4.99 Å². The number of nitrogens with zero attached hydrogens (tertiary/aromatic N) is 2. The molecule has 0 saturated carbocycles. The van der Waals surface area contributed by atoms with Crippen LogP contribution in [0.1, 0.15) is 0 Å². The molecule has 17 heavy (non-hydrogen) atoms. The molecule has 0 radical (unpaired) electrons. The monoisotopic (exact) mass is 231 g/mol. The molecule has 0 saturated heterocycles. The lowest BCUT2D eigenvalue weighted by Crippen LogP contribution is -2.05. The second-order valence-corrected chi connectivity index (χ2v) is 2.98. The third-order valence-electron chi connectivity index (χ3n) is 1.83. The van der Waals surface area contributed by atoms with Crippen LogP contribution in [0.2, 0.25) is 0 Å². The minimum atomic E-state index is 0.392. The molecule has 2 aromatic rings. The predicted octanol–water partition coefficient (Wildman–Crippen LogP) is 1.87. The highest BCUT2D eigenvalue weighted by molar-refractivity contribution is 5.73. The highest BCUT2D eigenvalue weighted by atomic mass is 16.5. The second kappa shape index (κ2) is 5.45. The molecule has 86 valence electrons. The van der Waals surface area contributed by atoms with Gasteiger partial charge in [0.15, 0.2) is 0 Å². The number of aliphatic imine (C=N–C) groups is 1. The van der Waals surface area contributed by atoms with Crippen LogP contribution in [0.3, 0.4) is 0 Å². The molecule has 0 atom stereocenters. The average molecular weight is 231 g/mol. The van der Waals surface area contributed by atoms with Gasteiger partial charge in [0.25, 0.3) is 5.88 Å². The normalized spacial score (nSPS) is 10.4. The molecule has 0 aliphatic rings. The van der Waals surface area contributed by atoms with Gasteiger partial charge >= 0.3 is 0 Å². The quantitative estimate of drug-likeness (QED) is 0.484. The van der Waals surface area contributed by atoms with Crippen molar-refractivity contribution in [2.45, 2.75) is 0 Å². The number of benzene rings is 1. The minimum Gasteiger partial charge on any atom is -0.436 e. The van der Waals surface area contributed by atoms with E-state index in [9.17, 15) is 4.79 Å². The maximum absolute atomic E-state index is 9.99. The van der Waals surface area contributed by atoms with Crippen LogP contribution in [0.4, 0.5) is 5.69 Å². The largest absolute Gasteiger partial charge is 0.436 e. The lowest BCUT2D eigenvalue weighted by molar-refractivity contribution is -0.108. The van der Waals surface area contributed by atoms with Crippen LogP contribution in [0.15, 0.2) is 46.1 Å². The van der Waals surface area contributed by atoms with Crippen LogP contribution in [0.5, 0.6) is 11.6 Å². The Hall–Kier alpha value is -2.63. The van der Waals surface area contributed by atoms with Crippen molar-refractivity contribution in [3.8, 4) is 11.6 Å². The Bertz CT molecular complexity index is 491. The van der Waals surface area contributed by atoms with E-state index in [1.165, 1.54) is 12.6 Å². The molecule has 1 amide bonds. The minimum absolute atomic E-state index is 0.392. The standard InChI is InChI=1S/C11H9N3O3/c15-8-12-7-13-9-1-3-10(4-2-9)17-11-5-6-16-14-11/h1-8H,(H,12,13,15). The molecule has 0 fully saturated rings. The third kappa shape index (κ3) is 3.16. The van der Waals surface area contributed by atoms with Crippen LogP contribution in [0.25, 0.3) is 0 Å². The Labute approximate surface area is 96.9 Å². The van der Waals surface area contributed by atoms with E-state index in [4.69, 9.17) is 4.74 Å². The fraction of sp³-hybridized carbons (Fsp3) is 0. The van der Waals surface area contributed by atoms with E-state index < -0.39 is 0 Å². The van der Waals surface area contributed by atoms with E-state index in [0.29, 0.717) is 23.7 Å². The van der Waals surface area contributed by atoms with Crippen LogP contribution in [-0.2, 0) is 4.79 Å². The Morgan fingerprint density at radius 2 is 2.12 bits per heavy atom. The number of nitrogens with one attached hydrogen (secondary N) is 1. The summed E-state index contributed by atoms with van der Waals surface area (Å²) in [6.45, 7) is 0. The lowest BCUT2D eigenvalue weighted by atomic mass is 10.3. The topological polar surface area (TPSA) is 76.7 Å². The first-order valence-electron chi connectivity index (χ1n) is 4.79. The molecule has 0 aliphatic heterocycles. The Balaban J connectivity index is 2.00. The molecule has 1 aromatic heterocycles. The Morgan fingerprint density at radius 1 is 1.29 bits per heavy atom. The molecule has 0 bridgehead atoms. The maximum Gasteiger partial charge on any atom is 0.259 e. The van der Waals surface area contributed by atoms with Crippen LogP contribution in [0, 0.1) is 0 Å². The molecule has 0 unspecified atom stereocenters. The summed E-state index contributed by atoms with van der Waals surface area (Å²) >= 11 is 0. The molecule has 1 heterocycles. The van der Waals surface area contributed by atoms with Crippen molar-refractivity contribution >= 4 is 18.4 Å². The van der Waals surface area contributed by atoms with Gasteiger partial charge < -0.3 is 14.6 Å². The summed E-state index contributed by atoms with van der Waals surface area (Å²) in [6, 6.07) is 8.58. The fourth-order valence-electron chi connectivity index (χ4n) is 1.12. The lowest BCUT2D eigenvalue weighted by Gasteiger charge is -2.00. The van der Waals surface area contributed by atoms with Gasteiger partial charge in [-0.05, 0) is 29.4 Å². The first kappa shape index (κ1) is 10.9. The predicted molar refractivity (Wildman–Crippen MR) is 60.4 cm³/mol. The van der Waals surface area contributed by atoms with Gasteiger partial charge in [-0.15, -0.1) is 0 Å². The zero-order valence-electron chi connectivity index (χ0n) is 8.74. The van der Waals surface area contributed by atoms with Gasteiger partial charge in [0.2, 0.25) is 6.41 Å². The summed E-state index contributed by atoms with van der Waals surface area (Å²) < 4.78 is 10.0. The zero-order valence-corrected chi connectivity index (χ0v) is 8.74. The molecule has 6 heteroatoms. The molecular formula is C11H9N3O3. The summed E-state index contributed by atoms with van der Waals surface area (Å²) in [4.78, 5) is 14.0.